The standard InChI is InChI=1S/C21H22N4O3S/c26-18(22-12-4-8-15-6-2-1-3-7-15)11-10-16-14-29-21(24-16)25-20(28)17-9-5-13-23-19(17)27/h1-3,5-7,9,13-14H,4,8,10-12H2,(H,22,26)(H,23,27)(H,24,25,28). The van der Waals surface area contributed by atoms with Crippen molar-refractivity contribution in [3.8, 4) is 0 Å². The van der Waals surface area contributed by atoms with Crippen molar-refractivity contribution in [1.29, 1.82) is 0 Å². The van der Waals surface area contributed by atoms with E-state index in [0.717, 1.165) is 18.5 Å². The zero-order chi connectivity index (χ0) is 20.5. The van der Waals surface area contributed by atoms with Gasteiger partial charge in [-0.25, -0.2) is 4.98 Å². The molecule has 7 nitrogen and oxygen atoms in total. The van der Waals surface area contributed by atoms with Gasteiger partial charge in [0, 0.05) is 24.5 Å². The highest BCUT2D eigenvalue weighted by Crippen LogP contribution is 2.17. The highest BCUT2D eigenvalue weighted by molar-refractivity contribution is 7.14. The average molecular weight is 410 g/mol. The van der Waals surface area contributed by atoms with Crippen molar-refractivity contribution >= 4 is 28.3 Å². The maximum absolute atomic E-state index is 12.1. The van der Waals surface area contributed by atoms with Crippen LogP contribution in [0.25, 0.3) is 0 Å². The second-order valence-corrected chi connectivity index (χ2v) is 7.31. The van der Waals surface area contributed by atoms with Gasteiger partial charge < -0.3 is 10.3 Å². The van der Waals surface area contributed by atoms with Gasteiger partial charge in [-0.2, -0.15) is 0 Å². The molecule has 0 bridgehead atoms. The van der Waals surface area contributed by atoms with E-state index < -0.39 is 11.5 Å². The van der Waals surface area contributed by atoms with Gasteiger partial charge in [0.1, 0.15) is 5.56 Å². The molecule has 1 aromatic carbocycles. The van der Waals surface area contributed by atoms with E-state index in [-0.39, 0.29) is 11.5 Å². The summed E-state index contributed by atoms with van der Waals surface area (Å²) in [6, 6.07) is 13.2. The smallest absolute Gasteiger partial charge is 0.263 e. The summed E-state index contributed by atoms with van der Waals surface area (Å²) in [4.78, 5) is 42.5. The molecular weight excluding hydrogens is 388 g/mol. The number of anilines is 1. The summed E-state index contributed by atoms with van der Waals surface area (Å²) in [7, 11) is 0. The van der Waals surface area contributed by atoms with Crippen LogP contribution in [-0.2, 0) is 17.6 Å². The van der Waals surface area contributed by atoms with Crippen LogP contribution in [0.2, 0.25) is 0 Å². The van der Waals surface area contributed by atoms with Crippen molar-refractivity contribution < 1.29 is 9.59 Å². The lowest BCUT2D eigenvalue weighted by atomic mass is 10.1. The average Bonchev–Trinajstić information content (AvgIpc) is 3.18. The summed E-state index contributed by atoms with van der Waals surface area (Å²) in [5, 5.41) is 7.73. The van der Waals surface area contributed by atoms with Gasteiger partial charge in [0.25, 0.3) is 11.5 Å². The van der Waals surface area contributed by atoms with Crippen molar-refractivity contribution in [2.75, 3.05) is 11.9 Å². The molecule has 29 heavy (non-hydrogen) atoms. The molecule has 0 saturated heterocycles. The molecule has 0 fully saturated rings. The summed E-state index contributed by atoms with van der Waals surface area (Å²) in [5.74, 6) is -0.531. The third-order valence-corrected chi connectivity index (χ3v) is 5.06. The van der Waals surface area contributed by atoms with E-state index in [1.54, 1.807) is 11.4 Å². The molecule has 0 saturated carbocycles. The number of thiazole rings is 1. The Kier molecular flexibility index (Phi) is 7.29. The largest absolute Gasteiger partial charge is 0.356 e. The van der Waals surface area contributed by atoms with Crippen LogP contribution in [0.5, 0.6) is 0 Å². The zero-order valence-electron chi connectivity index (χ0n) is 15.8. The number of aromatic amines is 1. The Morgan fingerprint density at radius 2 is 1.90 bits per heavy atom. The molecular formula is C21H22N4O3S. The molecule has 0 aliphatic rings. The summed E-state index contributed by atoms with van der Waals surface area (Å²) in [6.45, 7) is 0.637. The van der Waals surface area contributed by atoms with Crippen molar-refractivity contribution in [2.45, 2.75) is 25.7 Å². The molecule has 2 heterocycles. The number of carbonyl (C=O) groups excluding carboxylic acids is 2. The van der Waals surface area contributed by atoms with Gasteiger partial charge in [0.05, 0.1) is 5.69 Å². The van der Waals surface area contributed by atoms with Crippen LogP contribution in [-0.4, -0.2) is 28.3 Å². The number of pyridine rings is 1. The molecule has 0 unspecified atom stereocenters. The van der Waals surface area contributed by atoms with Crippen molar-refractivity contribution in [2.24, 2.45) is 0 Å². The molecule has 3 rings (SSSR count). The molecule has 0 radical (unpaired) electrons. The number of nitrogens with zero attached hydrogens (tertiary/aromatic N) is 1. The normalized spacial score (nSPS) is 10.5. The third-order valence-electron chi connectivity index (χ3n) is 4.25. The molecule has 0 atom stereocenters. The number of aryl methyl sites for hydroxylation is 2. The first-order valence-corrected chi connectivity index (χ1v) is 10.2. The van der Waals surface area contributed by atoms with E-state index in [9.17, 15) is 14.4 Å². The van der Waals surface area contributed by atoms with Crippen LogP contribution < -0.4 is 16.2 Å². The molecule has 2 amide bonds. The fraction of sp³-hybridized carbons (Fsp3) is 0.238. The number of nitrogens with one attached hydrogen (secondary N) is 3. The summed E-state index contributed by atoms with van der Waals surface area (Å²) >= 11 is 1.26. The Labute approximate surface area is 172 Å². The summed E-state index contributed by atoms with van der Waals surface area (Å²) < 4.78 is 0. The maximum atomic E-state index is 12.1. The second kappa shape index (κ2) is 10.3. The number of carbonyl (C=O) groups is 2. The number of rotatable bonds is 9. The van der Waals surface area contributed by atoms with Crippen LogP contribution in [0.3, 0.4) is 0 Å². The Bertz CT molecular complexity index is 1010. The Balaban J connectivity index is 1.38. The second-order valence-electron chi connectivity index (χ2n) is 6.45. The molecule has 3 N–H and O–H groups in total. The predicted molar refractivity (Wildman–Crippen MR) is 113 cm³/mol. The highest BCUT2D eigenvalue weighted by Gasteiger charge is 2.12. The van der Waals surface area contributed by atoms with E-state index in [0.29, 0.717) is 24.5 Å². The van der Waals surface area contributed by atoms with Gasteiger partial charge in [-0.1, -0.05) is 30.3 Å². The minimum absolute atomic E-state index is 0.0209. The number of hydrogen-bond donors (Lipinski definition) is 3. The number of benzene rings is 1. The molecule has 3 aromatic rings. The first-order valence-electron chi connectivity index (χ1n) is 9.36. The number of aromatic nitrogens is 2. The zero-order valence-corrected chi connectivity index (χ0v) is 16.6. The minimum atomic E-state index is -0.510. The van der Waals surface area contributed by atoms with Gasteiger partial charge in [-0.15, -0.1) is 11.3 Å². The molecule has 8 heteroatoms. The van der Waals surface area contributed by atoms with Gasteiger partial charge in [0.2, 0.25) is 5.91 Å². The van der Waals surface area contributed by atoms with Crippen LogP contribution >= 0.6 is 11.3 Å². The summed E-state index contributed by atoms with van der Waals surface area (Å²) in [6.07, 6.45) is 4.11. The van der Waals surface area contributed by atoms with E-state index in [4.69, 9.17) is 0 Å². The van der Waals surface area contributed by atoms with E-state index in [1.165, 1.54) is 29.2 Å². The van der Waals surface area contributed by atoms with Crippen LogP contribution in [0, 0.1) is 0 Å². The molecule has 2 aromatic heterocycles. The predicted octanol–water partition coefficient (Wildman–Crippen LogP) is 2.77. The lowest BCUT2D eigenvalue weighted by molar-refractivity contribution is -0.121. The third kappa shape index (κ3) is 6.39. The van der Waals surface area contributed by atoms with Gasteiger partial charge in [-0.05, 0) is 37.0 Å². The lowest BCUT2D eigenvalue weighted by Crippen LogP contribution is -2.25. The fourth-order valence-electron chi connectivity index (χ4n) is 2.74. The van der Waals surface area contributed by atoms with Gasteiger partial charge >= 0.3 is 0 Å². The maximum Gasteiger partial charge on any atom is 0.263 e. The van der Waals surface area contributed by atoms with Crippen LogP contribution in [0.1, 0.15) is 34.5 Å². The highest BCUT2D eigenvalue weighted by atomic mass is 32.1. The lowest BCUT2D eigenvalue weighted by Gasteiger charge is -2.05. The number of H-pyrrole nitrogens is 1. The van der Waals surface area contributed by atoms with Crippen LogP contribution in [0.4, 0.5) is 5.13 Å². The molecule has 0 spiro atoms. The molecule has 150 valence electrons. The summed E-state index contributed by atoms with van der Waals surface area (Å²) in [5.41, 5.74) is 1.56. The monoisotopic (exact) mass is 410 g/mol. The number of hydrogen-bond acceptors (Lipinski definition) is 5. The number of amides is 2. The fourth-order valence-corrected chi connectivity index (χ4v) is 3.48. The van der Waals surface area contributed by atoms with E-state index in [1.807, 2.05) is 18.2 Å². The Morgan fingerprint density at radius 3 is 2.69 bits per heavy atom. The first-order chi connectivity index (χ1) is 14.1. The van der Waals surface area contributed by atoms with Crippen LogP contribution in [0.15, 0.2) is 58.8 Å². The topological polar surface area (TPSA) is 104 Å². The minimum Gasteiger partial charge on any atom is -0.356 e. The van der Waals surface area contributed by atoms with Gasteiger partial charge in [0.15, 0.2) is 5.13 Å². The Hall–Kier alpha value is -3.26. The van der Waals surface area contributed by atoms with Crippen molar-refractivity contribution in [1.82, 2.24) is 15.3 Å². The first kappa shape index (κ1) is 20.5. The van der Waals surface area contributed by atoms with E-state index in [2.05, 4.69) is 32.7 Å². The quantitative estimate of drug-likeness (QED) is 0.472. The van der Waals surface area contributed by atoms with Crippen molar-refractivity contribution in [3.63, 3.8) is 0 Å². The Morgan fingerprint density at radius 1 is 1.07 bits per heavy atom. The van der Waals surface area contributed by atoms with E-state index >= 15 is 0 Å². The molecule has 0 aliphatic heterocycles. The SMILES string of the molecule is O=C(CCc1csc(NC(=O)c2ccc[nH]c2=O)n1)NCCCc1ccccc1. The molecule has 0 aliphatic carbocycles. The van der Waals surface area contributed by atoms with Crippen molar-refractivity contribution in [3.05, 3.63) is 81.2 Å². The van der Waals surface area contributed by atoms with Gasteiger partial charge in [-0.3, -0.25) is 19.7 Å².